The molecule has 0 atom stereocenters. The number of nitrogens with one attached hydrogen (secondary N) is 1. The fourth-order valence-corrected chi connectivity index (χ4v) is 2.52. The highest BCUT2D eigenvalue weighted by Crippen LogP contribution is 2.29. The maximum atomic E-state index is 12.5. The topological polar surface area (TPSA) is 42.7 Å². The van der Waals surface area contributed by atoms with Crippen molar-refractivity contribution in [1.82, 2.24) is 14.8 Å². The third-order valence-electron chi connectivity index (χ3n) is 3.36. The number of nitrogens with zero attached hydrogens (tertiary/aromatic N) is 3. The first-order valence-corrected chi connectivity index (χ1v) is 6.92. The van der Waals surface area contributed by atoms with Crippen molar-refractivity contribution in [2.45, 2.75) is 13.2 Å². The smallest absolute Gasteiger partial charge is 0.157 e. The Hall–Kier alpha value is -2.14. The molecule has 0 fully saturated rings. The van der Waals surface area contributed by atoms with Crippen molar-refractivity contribution in [3.05, 3.63) is 52.8 Å². The van der Waals surface area contributed by atoms with Gasteiger partial charge in [0.25, 0.3) is 0 Å². The van der Waals surface area contributed by atoms with Gasteiger partial charge < -0.3 is 5.32 Å². The van der Waals surface area contributed by atoms with Crippen molar-refractivity contribution < 1.29 is 4.39 Å². The van der Waals surface area contributed by atoms with E-state index in [9.17, 15) is 4.39 Å². The zero-order chi connectivity index (χ0) is 14.8. The molecule has 0 radical (unpaired) electrons. The predicted octanol–water partition coefficient (Wildman–Crippen LogP) is 3.64. The lowest BCUT2D eigenvalue weighted by Gasteiger charge is -2.04. The highest BCUT2D eigenvalue weighted by molar-refractivity contribution is 6.36. The number of hydrogen-bond donors (Lipinski definition) is 1. The second kappa shape index (κ2) is 5.69. The molecule has 6 heteroatoms. The zero-order valence-electron chi connectivity index (χ0n) is 11.5. The van der Waals surface area contributed by atoms with Gasteiger partial charge in [-0.15, -0.1) is 0 Å². The molecule has 2 heterocycles. The van der Waals surface area contributed by atoms with Crippen LogP contribution in [-0.2, 0) is 13.2 Å². The monoisotopic (exact) mass is 304 g/mol. The second-order valence-corrected chi connectivity index (χ2v) is 5.13. The molecule has 1 N–H and O–H groups in total. The van der Waals surface area contributed by atoms with E-state index in [4.69, 9.17) is 11.6 Å². The Balaban J connectivity index is 2.02. The summed E-state index contributed by atoms with van der Waals surface area (Å²) in [5.41, 5.74) is 2.57. The summed E-state index contributed by atoms with van der Waals surface area (Å²) >= 11 is 6.20. The zero-order valence-corrected chi connectivity index (χ0v) is 12.2. The molecule has 0 saturated carbocycles. The fraction of sp³-hybridized carbons (Fsp3) is 0.200. The molecule has 0 aliphatic heterocycles. The van der Waals surface area contributed by atoms with E-state index in [1.54, 1.807) is 31.6 Å². The number of hydrogen-bond acceptors (Lipinski definition) is 3. The number of rotatable bonds is 4. The lowest BCUT2D eigenvalue weighted by atomic mass is 10.1. The van der Waals surface area contributed by atoms with Crippen LogP contribution in [0.25, 0.3) is 10.9 Å². The lowest BCUT2D eigenvalue weighted by Crippen LogP contribution is -2.02. The van der Waals surface area contributed by atoms with E-state index >= 15 is 0 Å². The Kier molecular flexibility index (Phi) is 3.75. The first-order valence-electron chi connectivity index (χ1n) is 6.54. The van der Waals surface area contributed by atoms with Crippen LogP contribution in [0, 0.1) is 0 Å². The normalized spacial score (nSPS) is 11.0. The van der Waals surface area contributed by atoms with E-state index in [0.717, 1.165) is 22.3 Å². The van der Waals surface area contributed by atoms with Crippen LogP contribution < -0.4 is 5.32 Å². The van der Waals surface area contributed by atoms with Gasteiger partial charge in [-0.05, 0) is 11.1 Å². The van der Waals surface area contributed by atoms with Gasteiger partial charge in [-0.3, -0.25) is 9.67 Å². The van der Waals surface area contributed by atoms with Crippen LogP contribution in [0.1, 0.15) is 11.1 Å². The van der Waals surface area contributed by atoms with Gasteiger partial charge in [0.2, 0.25) is 0 Å². The van der Waals surface area contributed by atoms with Crippen LogP contribution in [0.4, 0.5) is 10.2 Å². The highest BCUT2D eigenvalue weighted by atomic mass is 35.5. The van der Waals surface area contributed by atoms with Gasteiger partial charge in [0.05, 0.1) is 28.7 Å². The van der Waals surface area contributed by atoms with Crippen LogP contribution in [0.3, 0.4) is 0 Å². The largest absolute Gasteiger partial charge is 0.371 e. The third kappa shape index (κ3) is 2.56. The lowest BCUT2D eigenvalue weighted by molar-refractivity contribution is 0.485. The van der Waals surface area contributed by atoms with Gasteiger partial charge in [-0.2, -0.15) is 5.10 Å². The Labute approximate surface area is 126 Å². The number of alkyl halides is 1. The Morgan fingerprint density at radius 1 is 1.19 bits per heavy atom. The van der Waals surface area contributed by atoms with E-state index in [-0.39, 0.29) is 0 Å². The summed E-state index contributed by atoms with van der Waals surface area (Å²) in [7, 11) is 1.80. The standard InChI is InChI=1S/C15H14ClFN4/c1-18-15-14-12(16)7-19-8-13(14)21(20-15)9-11-4-2-10(6-17)3-5-11/h2-5,7-8H,6,9H2,1H3,(H,18,20). The van der Waals surface area contributed by atoms with E-state index in [1.807, 2.05) is 16.8 Å². The number of halogens is 2. The van der Waals surface area contributed by atoms with Gasteiger partial charge >= 0.3 is 0 Å². The number of pyridine rings is 1. The minimum absolute atomic E-state index is 0.450. The van der Waals surface area contributed by atoms with Crippen molar-refractivity contribution in [3.8, 4) is 0 Å². The third-order valence-corrected chi connectivity index (χ3v) is 3.65. The SMILES string of the molecule is CNc1nn(Cc2ccc(CF)cc2)c2cncc(Cl)c12. The summed E-state index contributed by atoms with van der Waals surface area (Å²) in [4.78, 5) is 4.12. The molecule has 0 bridgehead atoms. The summed E-state index contributed by atoms with van der Waals surface area (Å²) in [6, 6.07) is 7.37. The minimum atomic E-state index is -0.450. The van der Waals surface area contributed by atoms with Crippen LogP contribution >= 0.6 is 11.6 Å². The Bertz CT molecular complexity index is 767. The van der Waals surface area contributed by atoms with E-state index in [1.165, 1.54) is 0 Å². The molecule has 0 aliphatic carbocycles. The molecular formula is C15H14ClFN4. The van der Waals surface area contributed by atoms with E-state index in [0.29, 0.717) is 17.1 Å². The summed E-state index contributed by atoms with van der Waals surface area (Å²) in [5.74, 6) is 0.720. The van der Waals surface area contributed by atoms with Crippen LogP contribution in [0.5, 0.6) is 0 Å². The maximum Gasteiger partial charge on any atom is 0.157 e. The molecule has 3 aromatic rings. The molecular weight excluding hydrogens is 291 g/mol. The molecule has 0 unspecified atom stereocenters. The molecule has 1 aromatic carbocycles. The molecule has 3 rings (SSSR count). The molecule has 0 amide bonds. The molecule has 0 aliphatic rings. The number of benzene rings is 1. The molecule has 4 nitrogen and oxygen atoms in total. The van der Waals surface area contributed by atoms with E-state index in [2.05, 4.69) is 15.4 Å². The molecule has 0 saturated heterocycles. The first kappa shape index (κ1) is 13.8. The molecule has 2 aromatic heterocycles. The first-order chi connectivity index (χ1) is 10.2. The van der Waals surface area contributed by atoms with E-state index < -0.39 is 6.67 Å². The number of aromatic nitrogens is 3. The molecule has 108 valence electrons. The summed E-state index contributed by atoms with van der Waals surface area (Å²) in [5, 5.41) is 8.98. The average molecular weight is 305 g/mol. The van der Waals surface area contributed by atoms with Crippen LogP contribution in [-0.4, -0.2) is 21.8 Å². The van der Waals surface area contributed by atoms with Gasteiger partial charge in [0.15, 0.2) is 5.82 Å². The van der Waals surface area contributed by atoms with Gasteiger partial charge in [-0.1, -0.05) is 35.9 Å². The van der Waals surface area contributed by atoms with Crippen molar-refractivity contribution in [2.24, 2.45) is 0 Å². The highest BCUT2D eigenvalue weighted by Gasteiger charge is 2.13. The Morgan fingerprint density at radius 2 is 1.90 bits per heavy atom. The Morgan fingerprint density at radius 3 is 2.57 bits per heavy atom. The van der Waals surface area contributed by atoms with Gasteiger partial charge in [-0.25, -0.2) is 4.39 Å². The number of anilines is 1. The van der Waals surface area contributed by atoms with Gasteiger partial charge in [0.1, 0.15) is 6.67 Å². The van der Waals surface area contributed by atoms with Crippen molar-refractivity contribution in [2.75, 3.05) is 12.4 Å². The van der Waals surface area contributed by atoms with Crippen LogP contribution in [0.2, 0.25) is 5.02 Å². The van der Waals surface area contributed by atoms with Crippen LogP contribution in [0.15, 0.2) is 36.7 Å². The summed E-state index contributed by atoms with van der Waals surface area (Å²) < 4.78 is 14.4. The minimum Gasteiger partial charge on any atom is -0.371 e. The quantitative estimate of drug-likeness (QED) is 0.800. The molecule has 0 spiro atoms. The van der Waals surface area contributed by atoms with Crippen molar-refractivity contribution in [3.63, 3.8) is 0 Å². The van der Waals surface area contributed by atoms with Crippen molar-refractivity contribution in [1.29, 1.82) is 0 Å². The predicted molar refractivity (Wildman–Crippen MR) is 82.4 cm³/mol. The summed E-state index contributed by atoms with van der Waals surface area (Å²) in [6.45, 7) is 0.126. The number of fused-ring (bicyclic) bond motifs is 1. The van der Waals surface area contributed by atoms with Crippen molar-refractivity contribution >= 4 is 28.3 Å². The fourth-order valence-electron chi connectivity index (χ4n) is 2.28. The maximum absolute atomic E-state index is 12.5. The second-order valence-electron chi connectivity index (χ2n) is 4.72. The molecule has 21 heavy (non-hydrogen) atoms. The van der Waals surface area contributed by atoms with Gasteiger partial charge in [0, 0.05) is 13.2 Å². The summed E-state index contributed by atoms with van der Waals surface area (Å²) in [6.07, 6.45) is 3.35. The average Bonchev–Trinajstić information content (AvgIpc) is 2.87.